The van der Waals surface area contributed by atoms with Gasteiger partial charge in [0, 0.05) is 24.8 Å². The lowest BCUT2D eigenvalue weighted by molar-refractivity contribution is 0.648. The molecule has 1 aromatic rings. The molecule has 1 atom stereocenters. The van der Waals surface area contributed by atoms with E-state index in [-0.39, 0.29) is 0 Å². The maximum absolute atomic E-state index is 3.43. The van der Waals surface area contributed by atoms with E-state index in [0.717, 1.165) is 19.6 Å². The average Bonchev–Trinajstić information content (AvgIpc) is 2.75. The van der Waals surface area contributed by atoms with Gasteiger partial charge in [0.15, 0.2) is 0 Å². The van der Waals surface area contributed by atoms with Crippen molar-refractivity contribution in [2.24, 2.45) is 0 Å². The number of hydrogen-bond acceptors (Lipinski definition) is 2. The Morgan fingerprint density at radius 1 is 1.33 bits per heavy atom. The van der Waals surface area contributed by atoms with Crippen LogP contribution >= 0.6 is 0 Å². The molecular formula is C13H20N2. The zero-order valence-corrected chi connectivity index (χ0v) is 9.66. The van der Waals surface area contributed by atoms with Crippen LogP contribution in [-0.4, -0.2) is 25.7 Å². The van der Waals surface area contributed by atoms with Gasteiger partial charge in [-0.25, -0.2) is 0 Å². The Morgan fingerprint density at radius 2 is 2.07 bits per heavy atom. The predicted octanol–water partition coefficient (Wildman–Crippen LogP) is 2.18. The Hall–Kier alpha value is -1.02. The summed E-state index contributed by atoms with van der Waals surface area (Å²) in [7, 11) is 0. The largest absolute Gasteiger partial charge is 0.367 e. The number of benzene rings is 1. The minimum Gasteiger partial charge on any atom is -0.367 e. The maximum Gasteiger partial charge on any atom is 0.0426 e. The van der Waals surface area contributed by atoms with Crippen LogP contribution in [0.2, 0.25) is 0 Å². The fourth-order valence-electron chi connectivity index (χ4n) is 2.29. The number of hydrogen-bond donors (Lipinski definition) is 1. The molecule has 0 amide bonds. The van der Waals surface area contributed by atoms with Gasteiger partial charge in [0.25, 0.3) is 0 Å². The van der Waals surface area contributed by atoms with E-state index in [9.17, 15) is 0 Å². The average molecular weight is 204 g/mol. The van der Waals surface area contributed by atoms with Crippen LogP contribution in [0.5, 0.6) is 0 Å². The summed E-state index contributed by atoms with van der Waals surface area (Å²) in [5.41, 5.74) is 2.69. The number of likely N-dealkylation sites (N-methyl/N-ethyl adjacent to an activating group) is 1. The van der Waals surface area contributed by atoms with Crippen LogP contribution in [0.1, 0.15) is 18.9 Å². The Bertz CT molecular complexity index is 299. The molecule has 0 aromatic heterocycles. The molecule has 1 N–H and O–H groups in total. The third kappa shape index (κ3) is 2.32. The van der Waals surface area contributed by atoms with Gasteiger partial charge < -0.3 is 10.2 Å². The van der Waals surface area contributed by atoms with Gasteiger partial charge in [-0.2, -0.15) is 0 Å². The first-order valence-electron chi connectivity index (χ1n) is 5.85. The van der Waals surface area contributed by atoms with Crippen LogP contribution in [-0.2, 0) is 0 Å². The number of anilines is 1. The lowest BCUT2D eigenvalue weighted by atomic mass is 10.1. The van der Waals surface area contributed by atoms with Crippen molar-refractivity contribution in [1.82, 2.24) is 5.32 Å². The van der Waals surface area contributed by atoms with E-state index >= 15 is 0 Å². The summed E-state index contributed by atoms with van der Waals surface area (Å²) in [6.07, 6.45) is 1.27. The van der Waals surface area contributed by atoms with Crippen molar-refractivity contribution in [3.63, 3.8) is 0 Å². The third-order valence-electron chi connectivity index (χ3n) is 3.18. The summed E-state index contributed by atoms with van der Waals surface area (Å²) in [5, 5.41) is 3.43. The molecule has 0 bridgehead atoms. The topological polar surface area (TPSA) is 15.3 Å². The molecule has 1 saturated heterocycles. The van der Waals surface area contributed by atoms with Gasteiger partial charge in [0.1, 0.15) is 0 Å². The van der Waals surface area contributed by atoms with Crippen molar-refractivity contribution in [1.29, 1.82) is 0 Å². The van der Waals surface area contributed by atoms with Crippen molar-refractivity contribution in [3.8, 4) is 0 Å². The number of aryl methyl sites for hydroxylation is 1. The molecule has 1 heterocycles. The second-order valence-corrected chi connectivity index (χ2v) is 4.27. The van der Waals surface area contributed by atoms with E-state index in [0.29, 0.717) is 6.04 Å². The first-order valence-corrected chi connectivity index (χ1v) is 5.85. The molecule has 1 aliphatic heterocycles. The van der Waals surface area contributed by atoms with Crippen molar-refractivity contribution in [2.45, 2.75) is 26.3 Å². The Kier molecular flexibility index (Phi) is 3.27. The monoisotopic (exact) mass is 204 g/mol. The SMILES string of the molecule is CCN(c1ccc(C)cc1)C1CCNC1. The van der Waals surface area contributed by atoms with Crippen LogP contribution in [0, 0.1) is 6.92 Å². The molecule has 0 aliphatic carbocycles. The minimum absolute atomic E-state index is 0.678. The molecule has 1 unspecified atom stereocenters. The summed E-state index contributed by atoms with van der Waals surface area (Å²) >= 11 is 0. The third-order valence-corrected chi connectivity index (χ3v) is 3.18. The van der Waals surface area contributed by atoms with Gasteiger partial charge in [-0.1, -0.05) is 17.7 Å². The van der Waals surface area contributed by atoms with Gasteiger partial charge in [0.2, 0.25) is 0 Å². The summed E-state index contributed by atoms with van der Waals surface area (Å²) in [4.78, 5) is 2.50. The van der Waals surface area contributed by atoms with Crippen LogP contribution < -0.4 is 10.2 Å². The van der Waals surface area contributed by atoms with E-state index in [1.807, 2.05) is 0 Å². The minimum atomic E-state index is 0.678. The first kappa shape index (κ1) is 10.5. The van der Waals surface area contributed by atoms with Crippen molar-refractivity contribution >= 4 is 5.69 Å². The molecule has 15 heavy (non-hydrogen) atoms. The number of nitrogens with zero attached hydrogens (tertiary/aromatic N) is 1. The van der Waals surface area contributed by atoms with Gasteiger partial charge in [-0.15, -0.1) is 0 Å². The quantitative estimate of drug-likeness (QED) is 0.812. The molecule has 1 fully saturated rings. The second kappa shape index (κ2) is 4.67. The van der Waals surface area contributed by atoms with E-state index in [1.54, 1.807) is 0 Å². The molecule has 2 heteroatoms. The molecule has 2 nitrogen and oxygen atoms in total. The maximum atomic E-state index is 3.43. The molecular weight excluding hydrogens is 184 g/mol. The molecule has 0 saturated carbocycles. The highest BCUT2D eigenvalue weighted by Crippen LogP contribution is 2.20. The number of nitrogens with one attached hydrogen (secondary N) is 1. The summed E-state index contributed by atoms with van der Waals surface area (Å²) in [6, 6.07) is 9.53. The van der Waals surface area contributed by atoms with Gasteiger partial charge in [-0.05, 0) is 38.9 Å². The van der Waals surface area contributed by atoms with Crippen molar-refractivity contribution in [2.75, 3.05) is 24.5 Å². The van der Waals surface area contributed by atoms with E-state index in [2.05, 4.69) is 48.3 Å². The fourth-order valence-corrected chi connectivity index (χ4v) is 2.29. The van der Waals surface area contributed by atoms with Gasteiger partial charge in [0.05, 0.1) is 0 Å². The summed E-state index contributed by atoms with van der Waals surface area (Å²) in [6.45, 7) is 7.75. The smallest absolute Gasteiger partial charge is 0.0426 e. The highest BCUT2D eigenvalue weighted by Gasteiger charge is 2.20. The Labute approximate surface area is 92.3 Å². The van der Waals surface area contributed by atoms with Crippen molar-refractivity contribution in [3.05, 3.63) is 29.8 Å². The lowest BCUT2D eigenvalue weighted by Crippen LogP contribution is -2.36. The Balaban J connectivity index is 2.14. The van der Waals surface area contributed by atoms with Crippen molar-refractivity contribution < 1.29 is 0 Å². The summed E-state index contributed by atoms with van der Waals surface area (Å²) in [5.74, 6) is 0. The van der Waals surface area contributed by atoms with E-state index in [1.165, 1.54) is 17.7 Å². The van der Waals surface area contributed by atoms with Crippen LogP contribution in [0.15, 0.2) is 24.3 Å². The van der Waals surface area contributed by atoms with Gasteiger partial charge in [-0.3, -0.25) is 0 Å². The van der Waals surface area contributed by atoms with E-state index < -0.39 is 0 Å². The number of rotatable bonds is 3. The molecule has 1 aromatic carbocycles. The zero-order valence-electron chi connectivity index (χ0n) is 9.66. The summed E-state index contributed by atoms with van der Waals surface area (Å²) < 4.78 is 0. The molecule has 0 radical (unpaired) electrons. The molecule has 1 aliphatic rings. The lowest BCUT2D eigenvalue weighted by Gasteiger charge is -2.29. The Morgan fingerprint density at radius 3 is 2.60 bits per heavy atom. The highest BCUT2D eigenvalue weighted by atomic mass is 15.2. The standard InChI is InChI=1S/C13H20N2/c1-3-15(13-8-9-14-10-13)12-6-4-11(2)5-7-12/h4-7,13-14H,3,8-10H2,1-2H3. The molecule has 2 rings (SSSR count). The second-order valence-electron chi connectivity index (χ2n) is 4.27. The normalized spacial score (nSPS) is 20.5. The first-order chi connectivity index (χ1) is 7.31. The molecule has 82 valence electrons. The van der Waals surface area contributed by atoms with Crippen LogP contribution in [0.4, 0.5) is 5.69 Å². The van der Waals surface area contributed by atoms with Gasteiger partial charge >= 0.3 is 0 Å². The van der Waals surface area contributed by atoms with Crippen LogP contribution in [0.3, 0.4) is 0 Å². The predicted molar refractivity (Wildman–Crippen MR) is 65.5 cm³/mol. The van der Waals surface area contributed by atoms with E-state index in [4.69, 9.17) is 0 Å². The molecule has 0 spiro atoms. The fraction of sp³-hybridized carbons (Fsp3) is 0.538. The zero-order chi connectivity index (χ0) is 10.7. The highest BCUT2D eigenvalue weighted by molar-refractivity contribution is 5.48. The van der Waals surface area contributed by atoms with Crippen LogP contribution in [0.25, 0.3) is 0 Å².